The van der Waals surface area contributed by atoms with E-state index in [0.717, 1.165) is 32.9 Å². The van der Waals surface area contributed by atoms with E-state index in [1.165, 1.54) is 12.0 Å². The monoisotopic (exact) mass is 512 g/mol. The summed E-state index contributed by atoms with van der Waals surface area (Å²) in [7, 11) is 1.27. The summed E-state index contributed by atoms with van der Waals surface area (Å²) in [4.78, 5) is 73.1. The Labute approximate surface area is 211 Å². The highest BCUT2D eigenvalue weighted by Gasteiger charge is 2.35. The second-order valence-corrected chi connectivity index (χ2v) is 8.01. The SMILES string of the molecule is COC(=O)C1CC(=O)N(c2ccc(NC(=O)c3cc(OC(C)=O)c(OC(C)=O)c(OC(C)=O)c3)cc2)C1. The van der Waals surface area contributed by atoms with Crippen LogP contribution in [0, 0.1) is 5.92 Å². The molecule has 12 nitrogen and oxygen atoms in total. The van der Waals surface area contributed by atoms with Crippen LogP contribution in [0.15, 0.2) is 36.4 Å². The number of benzene rings is 2. The van der Waals surface area contributed by atoms with E-state index in [1.54, 1.807) is 24.3 Å². The molecule has 37 heavy (non-hydrogen) atoms. The Morgan fingerprint density at radius 3 is 1.89 bits per heavy atom. The molecule has 0 aromatic heterocycles. The van der Waals surface area contributed by atoms with Crippen molar-refractivity contribution >= 4 is 47.1 Å². The van der Waals surface area contributed by atoms with Crippen LogP contribution >= 0.6 is 0 Å². The summed E-state index contributed by atoms with van der Waals surface area (Å²) in [6.07, 6.45) is 0.0455. The zero-order valence-corrected chi connectivity index (χ0v) is 20.5. The first-order valence-electron chi connectivity index (χ1n) is 11.0. The third kappa shape index (κ3) is 6.69. The number of hydrogen-bond acceptors (Lipinski definition) is 10. The summed E-state index contributed by atoms with van der Waals surface area (Å²) >= 11 is 0. The van der Waals surface area contributed by atoms with Gasteiger partial charge in [0.1, 0.15) is 0 Å². The maximum absolute atomic E-state index is 13.0. The first-order chi connectivity index (χ1) is 17.5. The van der Waals surface area contributed by atoms with Crippen LogP contribution < -0.4 is 24.4 Å². The van der Waals surface area contributed by atoms with E-state index in [1.807, 2.05) is 0 Å². The van der Waals surface area contributed by atoms with E-state index < -0.39 is 35.7 Å². The van der Waals surface area contributed by atoms with Gasteiger partial charge >= 0.3 is 23.9 Å². The van der Waals surface area contributed by atoms with E-state index in [9.17, 15) is 28.8 Å². The van der Waals surface area contributed by atoms with Gasteiger partial charge in [-0.25, -0.2) is 0 Å². The van der Waals surface area contributed by atoms with Crippen LogP contribution in [0.1, 0.15) is 37.6 Å². The number of nitrogens with zero attached hydrogens (tertiary/aromatic N) is 1. The Morgan fingerprint density at radius 1 is 0.865 bits per heavy atom. The molecular formula is C25H24N2O10. The highest BCUT2D eigenvalue weighted by molar-refractivity contribution is 6.06. The minimum Gasteiger partial charge on any atom is -0.469 e. The number of carbonyl (C=O) groups is 6. The van der Waals surface area contributed by atoms with Crippen molar-refractivity contribution in [2.45, 2.75) is 27.2 Å². The second kappa shape index (κ2) is 11.3. The van der Waals surface area contributed by atoms with Gasteiger partial charge in [0.15, 0.2) is 11.5 Å². The maximum Gasteiger partial charge on any atom is 0.311 e. The van der Waals surface area contributed by atoms with Crippen molar-refractivity contribution in [3.8, 4) is 17.2 Å². The molecule has 0 aliphatic carbocycles. The summed E-state index contributed by atoms with van der Waals surface area (Å²) < 4.78 is 19.9. The number of anilines is 2. The Balaban J connectivity index is 1.84. The summed E-state index contributed by atoms with van der Waals surface area (Å²) in [5.41, 5.74) is 0.828. The van der Waals surface area contributed by atoms with E-state index >= 15 is 0 Å². The quantitative estimate of drug-likeness (QED) is 0.431. The first-order valence-corrected chi connectivity index (χ1v) is 11.0. The number of amides is 2. The van der Waals surface area contributed by atoms with E-state index in [-0.39, 0.29) is 41.7 Å². The van der Waals surface area contributed by atoms with Gasteiger partial charge in [0.05, 0.1) is 13.0 Å². The fourth-order valence-corrected chi connectivity index (χ4v) is 3.62. The molecule has 12 heteroatoms. The third-order valence-corrected chi connectivity index (χ3v) is 5.13. The molecule has 2 amide bonds. The minimum absolute atomic E-state index is 0.0455. The molecule has 1 unspecified atom stereocenters. The van der Waals surface area contributed by atoms with E-state index in [2.05, 4.69) is 5.32 Å². The van der Waals surface area contributed by atoms with Gasteiger partial charge in [-0.15, -0.1) is 0 Å². The van der Waals surface area contributed by atoms with Crippen molar-refractivity contribution in [3.63, 3.8) is 0 Å². The van der Waals surface area contributed by atoms with Crippen molar-refractivity contribution in [2.75, 3.05) is 23.9 Å². The van der Waals surface area contributed by atoms with E-state index in [0.29, 0.717) is 11.4 Å². The number of carbonyl (C=O) groups excluding carboxylic acids is 6. The Kier molecular flexibility index (Phi) is 8.23. The Morgan fingerprint density at radius 2 is 1.41 bits per heavy atom. The molecule has 1 aliphatic heterocycles. The van der Waals surface area contributed by atoms with Gasteiger partial charge < -0.3 is 29.2 Å². The van der Waals surface area contributed by atoms with Crippen molar-refractivity contribution in [1.29, 1.82) is 0 Å². The molecule has 1 aliphatic rings. The van der Waals surface area contributed by atoms with Crippen LogP contribution in [0.3, 0.4) is 0 Å². The topological polar surface area (TPSA) is 155 Å². The molecule has 1 N–H and O–H groups in total. The van der Waals surface area contributed by atoms with Crippen LogP contribution in [0.2, 0.25) is 0 Å². The lowest BCUT2D eigenvalue weighted by molar-refractivity contribution is -0.145. The molecule has 3 rings (SSSR count). The molecule has 1 atom stereocenters. The molecule has 0 bridgehead atoms. The van der Waals surface area contributed by atoms with Gasteiger partial charge in [-0.1, -0.05) is 0 Å². The minimum atomic E-state index is -0.770. The predicted octanol–water partition coefficient (Wildman–Crippen LogP) is 2.24. The van der Waals surface area contributed by atoms with Gasteiger partial charge in [0.2, 0.25) is 11.7 Å². The number of hydrogen-bond donors (Lipinski definition) is 1. The average molecular weight is 512 g/mol. The zero-order chi connectivity index (χ0) is 27.3. The molecule has 194 valence electrons. The number of methoxy groups -OCH3 is 1. The van der Waals surface area contributed by atoms with Gasteiger partial charge in [-0.05, 0) is 36.4 Å². The summed E-state index contributed by atoms with van der Waals surface area (Å²) in [6.45, 7) is 3.50. The standard InChI is InChI=1S/C25H24N2O10/c1-13(28)35-20-9-16(10-21(36-14(2)29)23(20)37-15(3)30)24(32)26-18-5-7-19(8-6-18)27-12-17(11-22(27)31)25(33)34-4/h5-10,17H,11-12H2,1-4H3,(H,26,32). The third-order valence-electron chi connectivity index (χ3n) is 5.13. The molecule has 0 saturated carbocycles. The Hall–Kier alpha value is -4.74. The fourth-order valence-electron chi connectivity index (χ4n) is 3.62. The molecule has 2 aromatic rings. The lowest BCUT2D eigenvalue weighted by Gasteiger charge is -2.17. The predicted molar refractivity (Wildman–Crippen MR) is 127 cm³/mol. The number of ether oxygens (including phenoxy) is 4. The van der Waals surface area contributed by atoms with Crippen LogP contribution in [0.4, 0.5) is 11.4 Å². The fraction of sp³-hybridized carbons (Fsp3) is 0.280. The maximum atomic E-state index is 13.0. The van der Waals surface area contributed by atoms with Crippen LogP contribution in [0.25, 0.3) is 0 Å². The van der Waals surface area contributed by atoms with E-state index in [4.69, 9.17) is 18.9 Å². The second-order valence-electron chi connectivity index (χ2n) is 8.01. The zero-order valence-electron chi connectivity index (χ0n) is 20.5. The summed E-state index contributed by atoms with van der Waals surface area (Å²) in [6, 6.07) is 8.63. The van der Waals surface area contributed by atoms with Gasteiger partial charge in [0.25, 0.3) is 5.91 Å². The normalized spacial score (nSPS) is 14.5. The lowest BCUT2D eigenvalue weighted by Crippen LogP contribution is -2.26. The molecule has 2 aromatic carbocycles. The van der Waals surface area contributed by atoms with Crippen molar-refractivity contribution in [3.05, 3.63) is 42.0 Å². The van der Waals surface area contributed by atoms with Crippen molar-refractivity contribution in [2.24, 2.45) is 5.92 Å². The summed E-state index contributed by atoms with van der Waals surface area (Å²) in [5.74, 6) is -5.12. The van der Waals surface area contributed by atoms with Crippen LogP contribution in [-0.4, -0.2) is 49.3 Å². The molecule has 1 fully saturated rings. The largest absolute Gasteiger partial charge is 0.469 e. The van der Waals surface area contributed by atoms with Gasteiger partial charge in [-0.2, -0.15) is 0 Å². The molecule has 1 heterocycles. The molecule has 0 spiro atoms. The van der Waals surface area contributed by atoms with Crippen LogP contribution in [0.5, 0.6) is 17.2 Å². The smallest absolute Gasteiger partial charge is 0.311 e. The lowest BCUT2D eigenvalue weighted by atomic mass is 10.1. The highest BCUT2D eigenvalue weighted by atomic mass is 16.6. The Bertz CT molecular complexity index is 1230. The summed E-state index contributed by atoms with van der Waals surface area (Å²) in [5, 5.41) is 2.64. The average Bonchev–Trinajstić information content (AvgIpc) is 3.21. The van der Waals surface area contributed by atoms with Gasteiger partial charge in [0, 0.05) is 50.7 Å². The number of esters is 4. The first kappa shape index (κ1) is 26.9. The number of rotatable bonds is 7. The molecular weight excluding hydrogens is 488 g/mol. The van der Waals surface area contributed by atoms with Crippen molar-refractivity contribution in [1.82, 2.24) is 0 Å². The van der Waals surface area contributed by atoms with Gasteiger partial charge in [-0.3, -0.25) is 28.8 Å². The number of nitrogens with one attached hydrogen (secondary N) is 1. The molecule has 1 saturated heterocycles. The van der Waals surface area contributed by atoms with Crippen molar-refractivity contribution < 1.29 is 47.7 Å². The highest BCUT2D eigenvalue weighted by Crippen LogP contribution is 2.39. The molecule has 0 radical (unpaired) electrons. The van der Waals surface area contributed by atoms with Crippen LogP contribution in [-0.2, 0) is 28.7 Å².